The fraction of sp³-hybridized carbons (Fsp3) is 0.338. The van der Waals surface area contributed by atoms with E-state index in [0.29, 0.717) is 44.5 Å². The van der Waals surface area contributed by atoms with E-state index in [1.807, 2.05) is 0 Å². The SMILES string of the molecule is CCOP(=O)(C(=O)c1c(C)cc(C)c(NC(=O)C(=O)CCCN(CCCC(=O)C(=O)Nc2c(C)cc(C)c(C(=O)P(=O)(OCC)c3ccccc3)c2C)CCNC(=O)C(=O)Nc2c(C)cc(C)c(C(=O)P(=O)(OCC)c3ccccc3)c2C)c1C)c1ccccc1. The topological polar surface area (TPSA) is 284 Å². The lowest BCUT2D eigenvalue weighted by Crippen LogP contribution is -2.41. The Morgan fingerprint density at radius 2 is 0.670 bits per heavy atom. The molecule has 0 fully saturated rings. The molecule has 3 atom stereocenters. The molecule has 91 heavy (non-hydrogen) atoms. The van der Waals surface area contributed by atoms with Gasteiger partial charge in [0.15, 0.2) is 0 Å². The lowest BCUT2D eigenvalue weighted by molar-refractivity contribution is -0.136. The number of hydrogen-bond acceptors (Lipinski definition) is 16. The van der Waals surface area contributed by atoms with Crippen LogP contribution in [0.4, 0.5) is 17.1 Å². The van der Waals surface area contributed by atoms with Gasteiger partial charge in [-0.15, -0.1) is 0 Å². The number of aryl methyl sites for hydroxylation is 6. The summed E-state index contributed by atoms with van der Waals surface area (Å²) in [5, 5.41) is 11.2. The van der Waals surface area contributed by atoms with Gasteiger partial charge in [0.2, 0.25) is 11.6 Å². The van der Waals surface area contributed by atoms with E-state index in [1.54, 1.807) is 197 Å². The van der Waals surface area contributed by atoms with E-state index in [0.717, 1.165) is 0 Å². The highest BCUT2D eigenvalue weighted by molar-refractivity contribution is 7.84. The summed E-state index contributed by atoms with van der Waals surface area (Å²) in [6.07, 6.45) is -0.392. The average Bonchev–Trinajstić information content (AvgIpc) is 0.787. The second kappa shape index (κ2) is 31.9. The van der Waals surface area contributed by atoms with Gasteiger partial charge < -0.3 is 39.7 Å². The largest absolute Gasteiger partial charge is 0.347 e. The second-order valence-electron chi connectivity index (χ2n) is 22.0. The molecule has 0 heterocycles. The highest BCUT2D eigenvalue weighted by Gasteiger charge is 2.41. The Kier molecular flexibility index (Phi) is 25.3. The van der Waals surface area contributed by atoms with Crippen molar-refractivity contribution in [1.29, 1.82) is 0 Å². The summed E-state index contributed by atoms with van der Waals surface area (Å²) in [4.78, 5) is 126. The Bertz CT molecular complexity index is 3550. The molecule has 482 valence electrons. The molecule has 4 amide bonds. The highest BCUT2D eigenvalue weighted by atomic mass is 31.2. The van der Waals surface area contributed by atoms with Crippen LogP contribution in [0, 0.1) is 62.3 Å². The van der Waals surface area contributed by atoms with E-state index in [9.17, 15) is 56.8 Å². The molecular formula is C68H80N5O15P3. The predicted molar refractivity (Wildman–Crippen MR) is 355 cm³/mol. The third-order valence-corrected chi connectivity index (χ3v) is 22.6. The molecule has 6 aromatic rings. The zero-order chi connectivity index (χ0) is 67.1. The van der Waals surface area contributed by atoms with Crippen molar-refractivity contribution in [2.24, 2.45) is 0 Å². The van der Waals surface area contributed by atoms with Gasteiger partial charge in [0, 0.05) is 75.6 Å². The molecule has 20 nitrogen and oxygen atoms in total. The number of benzene rings is 6. The highest BCUT2D eigenvalue weighted by Crippen LogP contribution is 2.53. The molecule has 0 aliphatic rings. The Morgan fingerprint density at radius 1 is 0.385 bits per heavy atom. The first-order chi connectivity index (χ1) is 43.1. The molecule has 0 aliphatic carbocycles. The zero-order valence-electron chi connectivity index (χ0n) is 53.6. The minimum Gasteiger partial charge on any atom is -0.347 e. The Morgan fingerprint density at radius 3 is 0.956 bits per heavy atom. The average molecular weight is 1300 g/mol. The van der Waals surface area contributed by atoms with Crippen molar-refractivity contribution in [1.82, 2.24) is 10.2 Å². The quantitative estimate of drug-likeness (QED) is 0.0232. The standard InChI is InChI=1S/C68H80N5O15P3/c1-13-86-89(83,51-27-19-16-20-28-51)66(80)56-42(4)39-45(7)59(48(56)10)70-62(76)54(74)33-25-36-73(37-26-34-55(75)63(77)71-60-46(8)40-43(5)57(49(60)11)67(81)90(84,87-14-2)52-29-21-17-22-30-52)38-35-69-64(78)65(79)72-61-47(9)41-44(6)58(50(61)12)68(82)91(85,88-15-3)53-31-23-18-24-32-53/h16-24,27-32,39-41H,13-15,25-26,33-38H2,1-12H3,(H,69,78)(H,70,76)(H,71,77)(H,72,79). The summed E-state index contributed by atoms with van der Waals surface area (Å²) in [7, 11) is -12.4. The van der Waals surface area contributed by atoms with E-state index in [-0.39, 0.29) is 127 Å². The molecule has 23 heteroatoms. The Balaban J connectivity index is 1.17. The summed E-state index contributed by atoms with van der Waals surface area (Å²) in [5.74, 6) is -5.70. The monoisotopic (exact) mass is 1300 g/mol. The van der Waals surface area contributed by atoms with E-state index < -0.39 is 73.9 Å². The number of anilines is 3. The maximum Gasteiger partial charge on any atom is 0.313 e. The summed E-state index contributed by atoms with van der Waals surface area (Å²) in [5.41, 5.74) is 2.36. The molecule has 3 unspecified atom stereocenters. The van der Waals surface area contributed by atoms with Crippen LogP contribution in [0.3, 0.4) is 0 Å². The summed E-state index contributed by atoms with van der Waals surface area (Å²) in [6, 6.07) is 29.2. The van der Waals surface area contributed by atoms with Gasteiger partial charge in [0.25, 0.3) is 28.4 Å². The number of nitrogens with zero attached hydrogens (tertiary/aromatic N) is 1. The van der Waals surface area contributed by atoms with E-state index >= 15 is 0 Å². The summed E-state index contributed by atoms with van der Waals surface area (Å²) in [6.45, 7) is 19.8. The minimum atomic E-state index is -4.12. The first-order valence-corrected chi connectivity index (χ1v) is 34.9. The van der Waals surface area contributed by atoms with Gasteiger partial charge in [-0.1, -0.05) is 72.8 Å². The third kappa shape index (κ3) is 16.6. The van der Waals surface area contributed by atoms with Gasteiger partial charge in [-0.25, -0.2) is 0 Å². The molecule has 6 aromatic carbocycles. The van der Waals surface area contributed by atoms with Crippen LogP contribution in [0.25, 0.3) is 0 Å². The number of ketones is 2. The van der Waals surface area contributed by atoms with Crippen molar-refractivity contribution in [3.8, 4) is 0 Å². The second-order valence-corrected chi connectivity index (χ2v) is 28.9. The molecule has 0 aromatic heterocycles. The van der Waals surface area contributed by atoms with E-state index in [2.05, 4.69) is 21.3 Å². The van der Waals surface area contributed by atoms with Crippen LogP contribution in [0.1, 0.15) is 128 Å². The maximum atomic E-state index is 14.4. The molecule has 0 radical (unpaired) electrons. The van der Waals surface area contributed by atoms with Gasteiger partial charge in [-0.2, -0.15) is 0 Å². The van der Waals surface area contributed by atoms with E-state index in [1.165, 1.54) is 0 Å². The van der Waals surface area contributed by atoms with Gasteiger partial charge in [-0.3, -0.25) is 56.8 Å². The van der Waals surface area contributed by atoms with Gasteiger partial charge in [0.05, 0.1) is 19.8 Å². The Labute approximate surface area is 531 Å². The zero-order valence-corrected chi connectivity index (χ0v) is 56.3. The molecule has 6 rings (SSSR count). The van der Waals surface area contributed by atoms with Gasteiger partial charge in [0.1, 0.15) is 0 Å². The lowest BCUT2D eigenvalue weighted by Gasteiger charge is -2.23. The van der Waals surface area contributed by atoms with Crippen LogP contribution in [0.15, 0.2) is 109 Å². The number of carbonyl (C=O) groups excluding carboxylic acids is 9. The first-order valence-electron chi connectivity index (χ1n) is 30.0. The van der Waals surface area contributed by atoms with Gasteiger partial charge in [-0.05, 0) is 195 Å². The Hall–Kier alpha value is -7.92. The molecule has 0 saturated heterocycles. The minimum absolute atomic E-state index is 0.0169. The van der Waals surface area contributed by atoms with Gasteiger partial charge >= 0.3 is 33.9 Å². The molecular weight excluding hydrogens is 1220 g/mol. The van der Waals surface area contributed by atoms with Crippen molar-refractivity contribution in [2.45, 2.75) is 109 Å². The van der Waals surface area contributed by atoms with Crippen LogP contribution in [-0.4, -0.2) is 103 Å². The van der Waals surface area contributed by atoms with Crippen molar-refractivity contribution >= 4 is 107 Å². The van der Waals surface area contributed by atoms with Crippen molar-refractivity contribution < 1.29 is 70.4 Å². The molecule has 0 bridgehead atoms. The van der Waals surface area contributed by atoms with Crippen LogP contribution >= 0.6 is 22.1 Å². The fourth-order valence-corrected chi connectivity index (χ4v) is 17.4. The predicted octanol–water partition coefficient (Wildman–Crippen LogP) is 11.1. The number of Topliss-reactive ketones (excluding diaryl/α,β-unsaturated/α-hetero) is 2. The smallest absolute Gasteiger partial charge is 0.313 e. The van der Waals surface area contributed by atoms with Crippen LogP contribution in [0.2, 0.25) is 0 Å². The van der Waals surface area contributed by atoms with Crippen LogP contribution in [-0.2, 0) is 56.0 Å². The molecule has 4 N–H and O–H groups in total. The van der Waals surface area contributed by atoms with Crippen molar-refractivity contribution in [2.75, 3.05) is 62.0 Å². The third-order valence-electron chi connectivity index (χ3n) is 15.5. The first kappa shape index (κ1) is 72.1. The summed E-state index contributed by atoms with van der Waals surface area (Å²) < 4.78 is 60.1. The molecule has 0 saturated carbocycles. The van der Waals surface area contributed by atoms with Crippen molar-refractivity contribution in [3.05, 3.63) is 176 Å². The number of amides is 4. The van der Waals surface area contributed by atoms with Crippen molar-refractivity contribution in [3.63, 3.8) is 0 Å². The fourth-order valence-electron chi connectivity index (χ4n) is 11.2. The number of rotatable bonds is 31. The van der Waals surface area contributed by atoms with Crippen LogP contribution < -0.4 is 37.2 Å². The molecule has 0 spiro atoms. The number of hydrogen-bond donors (Lipinski definition) is 4. The number of nitrogens with one attached hydrogen (secondary N) is 4. The van der Waals surface area contributed by atoms with Crippen LogP contribution in [0.5, 0.6) is 0 Å². The maximum absolute atomic E-state index is 14.4. The number of carbonyl (C=O) groups is 9. The normalized spacial score (nSPS) is 13.2. The summed E-state index contributed by atoms with van der Waals surface area (Å²) >= 11 is 0. The van der Waals surface area contributed by atoms with E-state index in [4.69, 9.17) is 13.6 Å². The lowest BCUT2D eigenvalue weighted by atomic mass is 9.97. The molecule has 0 aliphatic heterocycles.